The molecule has 0 aliphatic heterocycles. The van der Waals surface area contributed by atoms with Crippen LogP contribution in [0.1, 0.15) is 21.7 Å². The molecule has 210 valence electrons. The summed E-state index contributed by atoms with van der Waals surface area (Å²) in [5.41, 5.74) is 3.89. The highest BCUT2D eigenvalue weighted by molar-refractivity contribution is 7.91. The van der Waals surface area contributed by atoms with Crippen molar-refractivity contribution >= 4 is 27.1 Å². The largest absolute Gasteiger partial charge is 0.497 e. The lowest BCUT2D eigenvalue weighted by molar-refractivity contribution is 0.0707. The average Bonchev–Trinajstić information content (AvgIpc) is 3.65. The smallest absolute Gasteiger partial charge is 0.276 e. The SMILES string of the molecule is COc1ccc(S(=O)(=O)c2ncccc2N(C)c2c(C)cc(-c3cc(-c4ccc(C)o4)no3)cc2C(=O)NO)cc1. The number of anilines is 2. The molecule has 11 nitrogen and oxygen atoms in total. The second kappa shape index (κ2) is 10.9. The number of benzene rings is 2. The van der Waals surface area contributed by atoms with Gasteiger partial charge in [-0.15, -0.1) is 0 Å². The van der Waals surface area contributed by atoms with Crippen LogP contribution in [0.25, 0.3) is 22.8 Å². The lowest BCUT2D eigenvalue weighted by Gasteiger charge is -2.26. The lowest BCUT2D eigenvalue weighted by Crippen LogP contribution is -2.24. The summed E-state index contributed by atoms with van der Waals surface area (Å²) in [7, 11) is -0.955. The number of hydrogen-bond acceptors (Lipinski definition) is 10. The zero-order valence-electron chi connectivity index (χ0n) is 22.6. The summed E-state index contributed by atoms with van der Waals surface area (Å²) in [5.74, 6) is 1.32. The topological polar surface area (TPSA) is 148 Å². The molecule has 0 radical (unpaired) electrons. The molecule has 0 fully saturated rings. The quantitative estimate of drug-likeness (QED) is 0.184. The molecular weight excluding hydrogens is 548 g/mol. The molecule has 0 unspecified atom stereocenters. The molecule has 12 heteroatoms. The molecule has 2 N–H and O–H groups in total. The molecule has 3 aromatic heterocycles. The van der Waals surface area contributed by atoms with Gasteiger partial charge in [0.25, 0.3) is 5.91 Å². The Morgan fingerprint density at radius 3 is 2.44 bits per heavy atom. The second-order valence-corrected chi connectivity index (χ2v) is 11.0. The first-order chi connectivity index (χ1) is 19.6. The number of hydrogen-bond donors (Lipinski definition) is 2. The van der Waals surface area contributed by atoms with Crippen LogP contribution < -0.4 is 15.1 Å². The maximum Gasteiger partial charge on any atom is 0.276 e. The Hall–Kier alpha value is -4.94. The van der Waals surface area contributed by atoms with Gasteiger partial charge in [-0.1, -0.05) is 5.16 Å². The van der Waals surface area contributed by atoms with Gasteiger partial charge in [-0.2, -0.15) is 0 Å². The third kappa shape index (κ3) is 5.17. The van der Waals surface area contributed by atoms with E-state index >= 15 is 0 Å². The normalized spacial score (nSPS) is 11.3. The fourth-order valence-electron chi connectivity index (χ4n) is 4.53. The number of nitrogens with one attached hydrogen (secondary N) is 1. The number of furan rings is 1. The first kappa shape index (κ1) is 27.6. The van der Waals surface area contributed by atoms with Crippen molar-refractivity contribution in [3.05, 3.63) is 89.8 Å². The molecule has 0 atom stereocenters. The molecule has 0 aliphatic carbocycles. The number of aryl methyl sites for hydroxylation is 2. The molecular formula is C29H26N4O7S. The van der Waals surface area contributed by atoms with Gasteiger partial charge in [-0.3, -0.25) is 10.0 Å². The number of pyridine rings is 1. The minimum absolute atomic E-state index is 0.0277. The van der Waals surface area contributed by atoms with Crippen LogP contribution in [0, 0.1) is 13.8 Å². The summed E-state index contributed by atoms with van der Waals surface area (Å²) < 4.78 is 43.6. The highest BCUT2D eigenvalue weighted by Gasteiger charge is 2.28. The molecule has 3 heterocycles. The van der Waals surface area contributed by atoms with Crippen molar-refractivity contribution in [3.8, 4) is 28.5 Å². The van der Waals surface area contributed by atoms with Gasteiger partial charge in [0.05, 0.1) is 28.9 Å². The minimum atomic E-state index is -4.06. The van der Waals surface area contributed by atoms with Crippen molar-refractivity contribution < 1.29 is 32.1 Å². The highest BCUT2D eigenvalue weighted by atomic mass is 32.2. The summed E-state index contributed by atoms with van der Waals surface area (Å²) in [5, 5.41) is 13.4. The van der Waals surface area contributed by atoms with Gasteiger partial charge in [0.1, 0.15) is 17.2 Å². The highest BCUT2D eigenvalue weighted by Crippen LogP contribution is 2.38. The van der Waals surface area contributed by atoms with Gasteiger partial charge in [0, 0.05) is 24.9 Å². The van der Waals surface area contributed by atoms with E-state index in [-0.39, 0.29) is 21.2 Å². The van der Waals surface area contributed by atoms with Crippen molar-refractivity contribution in [1.29, 1.82) is 0 Å². The molecule has 0 aliphatic rings. The van der Waals surface area contributed by atoms with Crippen LogP contribution in [0.2, 0.25) is 0 Å². The Bertz CT molecular complexity index is 1840. The van der Waals surface area contributed by atoms with E-state index in [1.54, 1.807) is 66.8 Å². The molecule has 41 heavy (non-hydrogen) atoms. The molecule has 0 spiro atoms. The second-order valence-electron chi connectivity index (χ2n) is 9.18. The summed E-state index contributed by atoms with van der Waals surface area (Å²) >= 11 is 0. The standard InChI is InChI=1S/C29H26N4O7S/c1-17-14-19(26-16-23(32-40-26)25-12-7-18(2)39-25)15-22(28(34)31-35)27(17)33(3)24-6-5-13-30-29(24)41(36,37)21-10-8-20(38-4)9-11-21/h5-16,35H,1-4H3,(H,31,34). The Morgan fingerprint density at radius 2 is 1.78 bits per heavy atom. The summed E-state index contributed by atoms with van der Waals surface area (Å²) in [4.78, 5) is 18.7. The first-order valence-corrected chi connectivity index (χ1v) is 13.8. The third-order valence-electron chi connectivity index (χ3n) is 6.51. The number of methoxy groups -OCH3 is 1. The van der Waals surface area contributed by atoms with Crippen molar-refractivity contribution in [2.24, 2.45) is 0 Å². The van der Waals surface area contributed by atoms with E-state index in [0.717, 1.165) is 5.76 Å². The third-order valence-corrected chi connectivity index (χ3v) is 8.22. The van der Waals surface area contributed by atoms with Crippen molar-refractivity contribution in [2.75, 3.05) is 19.1 Å². The van der Waals surface area contributed by atoms with E-state index in [2.05, 4.69) is 10.1 Å². The van der Waals surface area contributed by atoms with Gasteiger partial charge in [-0.25, -0.2) is 18.9 Å². The number of sulfone groups is 1. The van der Waals surface area contributed by atoms with E-state index in [1.165, 1.54) is 31.5 Å². The maximum absolute atomic E-state index is 13.6. The van der Waals surface area contributed by atoms with Crippen LogP contribution in [0.3, 0.4) is 0 Å². The van der Waals surface area contributed by atoms with Gasteiger partial charge < -0.3 is 18.6 Å². The molecule has 0 saturated heterocycles. The fraction of sp³-hybridized carbons (Fsp3) is 0.138. The predicted octanol–water partition coefficient (Wildman–Crippen LogP) is 5.34. The number of rotatable bonds is 8. The summed E-state index contributed by atoms with van der Waals surface area (Å²) in [6.45, 7) is 3.57. The van der Waals surface area contributed by atoms with Gasteiger partial charge in [0.2, 0.25) is 9.84 Å². The van der Waals surface area contributed by atoms with Crippen LogP contribution in [-0.2, 0) is 9.84 Å². The summed E-state index contributed by atoms with van der Waals surface area (Å²) in [6, 6.07) is 17.7. The molecule has 5 aromatic rings. The number of ether oxygens (including phenoxy) is 1. The van der Waals surface area contributed by atoms with Crippen LogP contribution in [0.5, 0.6) is 5.75 Å². The van der Waals surface area contributed by atoms with E-state index in [9.17, 15) is 18.4 Å². The monoisotopic (exact) mass is 574 g/mol. The van der Waals surface area contributed by atoms with E-state index in [4.69, 9.17) is 13.7 Å². The van der Waals surface area contributed by atoms with Gasteiger partial charge in [0.15, 0.2) is 16.5 Å². The zero-order chi connectivity index (χ0) is 29.3. The Labute approximate surface area is 235 Å². The fourth-order valence-corrected chi connectivity index (χ4v) is 5.93. The molecule has 0 saturated carbocycles. The number of aromatic nitrogens is 2. The molecule has 5 rings (SSSR count). The van der Waals surface area contributed by atoms with Crippen LogP contribution >= 0.6 is 0 Å². The minimum Gasteiger partial charge on any atom is -0.497 e. The Balaban J connectivity index is 1.59. The predicted molar refractivity (Wildman–Crippen MR) is 149 cm³/mol. The molecule has 1 amide bonds. The first-order valence-electron chi connectivity index (χ1n) is 12.3. The molecule has 0 bridgehead atoms. The van der Waals surface area contributed by atoms with Crippen molar-refractivity contribution in [2.45, 2.75) is 23.8 Å². The maximum atomic E-state index is 13.6. The van der Waals surface area contributed by atoms with E-state index in [0.29, 0.717) is 39.8 Å². The lowest BCUT2D eigenvalue weighted by atomic mass is 10.00. The van der Waals surface area contributed by atoms with Crippen LogP contribution in [0.4, 0.5) is 11.4 Å². The number of hydroxylamine groups is 1. The Morgan fingerprint density at radius 1 is 1.02 bits per heavy atom. The van der Waals surface area contributed by atoms with Gasteiger partial charge >= 0.3 is 0 Å². The molecule has 2 aromatic carbocycles. The van der Waals surface area contributed by atoms with Crippen LogP contribution in [-0.4, -0.2) is 43.8 Å². The number of carbonyl (C=O) groups is 1. The number of amides is 1. The number of carbonyl (C=O) groups excluding carboxylic acids is 1. The average molecular weight is 575 g/mol. The van der Waals surface area contributed by atoms with Crippen LogP contribution in [0.15, 0.2) is 91.8 Å². The van der Waals surface area contributed by atoms with E-state index in [1.807, 2.05) is 13.0 Å². The van der Waals surface area contributed by atoms with Crippen molar-refractivity contribution in [3.63, 3.8) is 0 Å². The van der Waals surface area contributed by atoms with E-state index < -0.39 is 15.7 Å². The number of nitrogens with zero attached hydrogens (tertiary/aromatic N) is 3. The van der Waals surface area contributed by atoms with Crippen molar-refractivity contribution in [1.82, 2.24) is 15.6 Å². The summed E-state index contributed by atoms with van der Waals surface area (Å²) in [6.07, 6.45) is 1.38. The zero-order valence-corrected chi connectivity index (χ0v) is 23.4. The van der Waals surface area contributed by atoms with Gasteiger partial charge in [-0.05, 0) is 80.1 Å². The Kier molecular flexibility index (Phi) is 7.35.